The maximum atomic E-state index is 10.8. The van der Waals surface area contributed by atoms with Gasteiger partial charge in [-0.05, 0) is 43.2 Å². The van der Waals surface area contributed by atoms with E-state index in [0.29, 0.717) is 18.6 Å². The van der Waals surface area contributed by atoms with Gasteiger partial charge in [-0.15, -0.1) is 0 Å². The minimum absolute atomic E-state index is 0.259. The summed E-state index contributed by atoms with van der Waals surface area (Å²) >= 11 is 0. The standard InChI is InChI=1S/C16H21NO2/c18-16(19)10-11-17(13-8-9-13)15-7-3-5-12-4-1-2-6-14(12)15/h1-2,4,6,13,15H,3,5,7-11H2,(H,18,19). The molecule has 2 aliphatic carbocycles. The minimum Gasteiger partial charge on any atom is -0.481 e. The highest BCUT2D eigenvalue weighted by molar-refractivity contribution is 5.66. The van der Waals surface area contributed by atoms with Gasteiger partial charge in [0.1, 0.15) is 0 Å². The van der Waals surface area contributed by atoms with Crippen molar-refractivity contribution >= 4 is 5.97 Å². The summed E-state index contributed by atoms with van der Waals surface area (Å²) in [5, 5.41) is 8.93. The predicted octanol–water partition coefficient (Wildman–Crippen LogP) is 3.00. The van der Waals surface area contributed by atoms with E-state index in [1.54, 1.807) is 0 Å². The number of hydrogen-bond acceptors (Lipinski definition) is 2. The Hall–Kier alpha value is -1.35. The summed E-state index contributed by atoms with van der Waals surface area (Å²) in [5.74, 6) is -0.685. The van der Waals surface area contributed by atoms with Gasteiger partial charge in [-0.25, -0.2) is 0 Å². The molecule has 1 fully saturated rings. The summed E-state index contributed by atoms with van der Waals surface area (Å²) in [4.78, 5) is 13.3. The summed E-state index contributed by atoms with van der Waals surface area (Å²) in [7, 11) is 0. The summed E-state index contributed by atoms with van der Waals surface area (Å²) in [5.41, 5.74) is 2.89. The lowest BCUT2D eigenvalue weighted by atomic mass is 9.86. The van der Waals surface area contributed by atoms with Crippen LogP contribution in [0.15, 0.2) is 24.3 Å². The van der Waals surface area contributed by atoms with Gasteiger partial charge >= 0.3 is 5.97 Å². The Kier molecular flexibility index (Phi) is 3.56. The Morgan fingerprint density at radius 3 is 2.79 bits per heavy atom. The summed E-state index contributed by atoms with van der Waals surface area (Å²) < 4.78 is 0. The fraction of sp³-hybridized carbons (Fsp3) is 0.562. The molecular weight excluding hydrogens is 238 g/mol. The number of benzene rings is 1. The third-order valence-corrected chi connectivity index (χ3v) is 4.34. The van der Waals surface area contributed by atoms with Crippen molar-refractivity contribution in [3.63, 3.8) is 0 Å². The number of carboxylic acids is 1. The molecule has 0 heterocycles. The number of aliphatic carboxylic acids is 1. The first-order valence-corrected chi connectivity index (χ1v) is 7.31. The summed E-state index contributed by atoms with van der Waals surface area (Å²) in [6, 6.07) is 9.74. The van der Waals surface area contributed by atoms with E-state index >= 15 is 0 Å². The van der Waals surface area contributed by atoms with Gasteiger partial charge in [0.25, 0.3) is 0 Å². The van der Waals surface area contributed by atoms with E-state index in [9.17, 15) is 4.79 Å². The number of rotatable bonds is 5. The van der Waals surface area contributed by atoms with Gasteiger partial charge < -0.3 is 5.11 Å². The third-order valence-electron chi connectivity index (χ3n) is 4.34. The molecule has 0 saturated heterocycles. The molecule has 0 bridgehead atoms. The fourth-order valence-electron chi connectivity index (χ4n) is 3.30. The van der Waals surface area contributed by atoms with Crippen LogP contribution in [0.25, 0.3) is 0 Å². The molecule has 102 valence electrons. The van der Waals surface area contributed by atoms with Gasteiger partial charge in [0.05, 0.1) is 6.42 Å². The molecule has 3 rings (SSSR count). The minimum atomic E-state index is -0.685. The van der Waals surface area contributed by atoms with Crippen molar-refractivity contribution in [3.8, 4) is 0 Å². The van der Waals surface area contributed by atoms with Crippen LogP contribution in [-0.2, 0) is 11.2 Å². The highest BCUT2D eigenvalue weighted by Crippen LogP contribution is 2.40. The van der Waals surface area contributed by atoms with Gasteiger partial charge in [0.2, 0.25) is 0 Å². The maximum absolute atomic E-state index is 10.8. The van der Waals surface area contributed by atoms with Crippen molar-refractivity contribution in [2.45, 2.75) is 50.6 Å². The van der Waals surface area contributed by atoms with Crippen LogP contribution >= 0.6 is 0 Å². The first-order chi connectivity index (χ1) is 9.25. The van der Waals surface area contributed by atoms with E-state index in [1.807, 2.05) is 0 Å². The molecule has 19 heavy (non-hydrogen) atoms. The molecule has 1 saturated carbocycles. The number of aryl methyl sites for hydroxylation is 1. The third kappa shape index (κ3) is 2.81. The van der Waals surface area contributed by atoms with Gasteiger partial charge in [-0.3, -0.25) is 9.69 Å². The smallest absolute Gasteiger partial charge is 0.304 e. The topological polar surface area (TPSA) is 40.5 Å². The van der Waals surface area contributed by atoms with Crippen molar-refractivity contribution in [1.82, 2.24) is 4.90 Å². The Labute approximate surface area is 114 Å². The van der Waals surface area contributed by atoms with Crippen LogP contribution in [0.1, 0.15) is 49.3 Å². The van der Waals surface area contributed by atoms with E-state index in [0.717, 1.165) is 0 Å². The zero-order chi connectivity index (χ0) is 13.2. The summed E-state index contributed by atoms with van der Waals surface area (Å²) in [6.45, 7) is 0.693. The van der Waals surface area contributed by atoms with Crippen molar-refractivity contribution in [2.75, 3.05) is 6.54 Å². The van der Waals surface area contributed by atoms with Crippen LogP contribution in [0, 0.1) is 0 Å². The Morgan fingerprint density at radius 1 is 1.26 bits per heavy atom. The van der Waals surface area contributed by atoms with Crippen LogP contribution < -0.4 is 0 Å². The Bertz CT molecular complexity index is 468. The maximum Gasteiger partial charge on any atom is 0.304 e. The van der Waals surface area contributed by atoms with E-state index in [4.69, 9.17) is 5.11 Å². The number of carboxylic acid groups (broad SMARTS) is 1. The molecule has 1 aromatic carbocycles. The lowest BCUT2D eigenvalue weighted by Crippen LogP contribution is -2.34. The van der Waals surface area contributed by atoms with Gasteiger partial charge in [-0.2, -0.15) is 0 Å². The van der Waals surface area contributed by atoms with Crippen LogP contribution in [-0.4, -0.2) is 28.6 Å². The van der Waals surface area contributed by atoms with Crippen LogP contribution in [0.5, 0.6) is 0 Å². The van der Waals surface area contributed by atoms with E-state index in [1.165, 1.54) is 43.2 Å². The van der Waals surface area contributed by atoms with Crippen molar-refractivity contribution in [1.29, 1.82) is 0 Å². The monoisotopic (exact) mass is 259 g/mol. The molecule has 1 unspecified atom stereocenters. The second kappa shape index (κ2) is 5.33. The van der Waals surface area contributed by atoms with Gasteiger partial charge in [0.15, 0.2) is 0 Å². The molecule has 3 heteroatoms. The zero-order valence-electron chi connectivity index (χ0n) is 11.2. The second-order valence-electron chi connectivity index (χ2n) is 5.72. The lowest BCUT2D eigenvalue weighted by molar-refractivity contribution is -0.137. The molecule has 1 aromatic rings. The quantitative estimate of drug-likeness (QED) is 0.883. The van der Waals surface area contributed by atoms with Crippen molar-refractivity contribution < 1.29 is 9.90 Å². The molecule has 1 atom stereocenters. The average molecular weight is 259 g/mol. The average Bonchev–Trinajstić information content (AvgIpc) is 3.23. The molecule has 2 aliphatic rings. The van der Waals surface area contributed by atoms with Crippen molar-refractivity contribution in [2.24, 2.45) is 0 Å². The van der Waals surface area contributed by atoms with Gasteiger partial charge in [0, 0.05) is 18.6 Å². The second-order valence-corrected chi connectivity index (χ2v) is 5.72. The molecular formula is C16H21NO2. The number of nitrogens with zero attached hydrogens (tertiary/aromatic N) is 1. The number of carbonyl (C=O) groups is 1. The first kappa shape index (κ1) is 12.7. The fourth-order valence-corrected chi connectivity index (χ4v) is 3.30. The normalized spacial score (nSPS) is 22.3. The molecule has 0 aromatic heterocycles. The van der Waals surface area contributed by atoms with E-state index < -0.39 is 5.97 Å². The Morgan fingerprint density at radius 2 is 2.05 bits per heavy atom. The van der Waals surface area contributed by atoms with Gasteiger partial charge in [-0.1, -0.05) is 24.3 Å². The molecule has 0 spiro atoms. The van der Waals surface area contributed by atoms with Crippen LogP contribution in [0.4, 0.5) is 0 Å². The molecule has 3 nitrogen and oxygen atoms in total. The van der Waals surface area contributed by atoms with Crippen molar-refractivity contribution in [3.05, 3.63) is 35.4 Å². The zero-order valence-corrected chi connectivity index (χ0v) is 11.2. The van der Waals surface area contributed by atoms with E-state index in [2.05, 4.69) is 29.2 Å². The molecule has 1 N–H and O–H groups in total. The number of fused-ring (bicyclic) bond motifs is 1. The SMILES string of the molecule is O=C(O)CCN(C1CC1)C1CCCc2ccccc21. The van der Waals surface area contributed by atoms with Crippen LogP contribution in [0.3, 0.4) is 0 Å². The largest absolute Gasteiger partial charge is 0.481 e. The lowest BCUT2D eigenvalue weighted by Gasteiger charge is -2.36. The van der Waals surface area contributed by atoms with E-state index in [-0.39, 0.29) is 6.42 Å². The molecule has 0 aliphatic heterocycles. The van der Waals surface area contributed by atoms with Crippen LogP contribution in [0.2, 0.25) is 0 Å². The predicted molar refractivity (Wildman–Crippen MR) is 74.1 cm³/mol. The first-order valence-electron chi connectivity index (χ1n) is 7.31. The highest BCUT2D eigenvalue weighted by Gasteiger charge is 2.36. The Balaban J connectivity index is 1.81. The molecule has 0 radical (unpaired) electrons. The number of hydrogen-bond donors (Lipinski definition) is 1. The summed E-state index contributed by atoms with van der Waals surface area (Å²) in [6.07, 6.45) is 6.29. The molecule has 0 amide bonds. The highest BCUT2D eigenvalue weighted by atomic mass is 16.4.